The van der Waals surface area contributed by atoms with E-state index in [1.54, 1.807) is 13.3 Å². The van der Waals surface area contributed by atoms with Gasteiger partial charge in [-0.05, 0) is 116 Å². The third-order valence-corrected chi connectivity index (χ3v) is 10.3. The van der Waals surface area contributed by atoms with Gasteiger partial charge in [-0.1, -0.05) is 91.0 Å². The molecule has 5 aromatic carbocycles. The van der Waals surface area contributed by atoms with Gasteiger partial charge in [-0.25, -0.2) is 4.98 Å². The zero-order valence-electron chi connectivity index (χ0n) is 32.1. The predicted octanol–water partition coefficient (Wildman–Crippen LogP) is 9.53. The summed E-state index contributed by atoms with van der Waals surface area (Å²) < 4.78 is 17.1. The lowest BCUT2D eigenvalue weighted by Gasteiger charge is -2.34. The summed E-state index contributed by atoms with van der Waals surface area (Å²) in [5.41, 5.74) is 5.12. The van der Waals surface area contributed by atoms with E-state index in [0.717, 1.165) is 49.2 Å². The number of rotatable bonds is 13. The Labute approximate surface area is 331 Å². The van der Waals surface area contributed by atoms with E-state index < -0.39 is 0 Å². The van der Waals surface area contributed by atoms with Crippen molar-refractivity contribution < 1.29 is 14.2 Å². The molecule has 0 radical (unpaired) electrons. The third-order valence-electron chi connectivity index (χ3n) is 10.3. The van der Waals surface area contributed by atoms with Gasteiger partial charge in [0.1, 0.15) is 23.0 Å². The topological polar surface area (TPSA) is 88.7 Å². The average Bonchev–Trinajstić information content (AvgIpc) is 3.27. The van der Waals surface area contributed by atoms with Crippen molar-refractivity contribution in [1.29, 1.82) is 0 Å². The number of hydrogen-bond acceptors (Lipinski definition) is 8. The van der Waals surface area contributed by atoms with Crippen LogP contribution in [0, 0.1) is 0 Å². The van der Waals surface area contributed by atoms with E-state index in [9.17, 15) is 0 Å². The van der Waals surface area contributed by atoms with E-state index >= 15 is 0 Å². The van der Waals surface area contributed by atoms with Crippen molar-refractivity contribution in [2.75, 3.05) is 20.2 Å². The van der Waals surface area contributed by atoms with Crippen molar-refractivity contribution in [3.05, 3.63) is 180 Å². The van der Waals surface area contributed by atoms with Gasteiger partial charge in [-0.2, -0.15) is 0 Å². The minimum absolute atomic E-state index is 0.351. The fourth-order valence-electron chi connectivity index (χ4n) is 7.48. The summed E-state index contributed by atoms with van der Waals surface area (Å²) in [4.78, 5) is 4.22. The van der Waals surface area contributed by atoms with Crippen LogP contribution in [-0.4, -0.2) is 37.3 Å². The van der Waals surface area contributed by atoms with Gasteiger partial charge in [0, 0.05) is 49.5 Å². The molecule has 8 nitrogen and oxygen atoms in total. The molecule has 2 aliphatic rings. The standard InChI is InChI=1S/C25H28N2O2.C23H25N3O/c1-28-21-12-14-22(15-13-21)29-23-10-5-7-19(17-23)18-27-24-11-6-16-26-25(24)20-8-3-2-4-9-20;1-2-9-19(10-3-1)23-21(12-7-15-25-23)26-17-18-8-6-11-20(16-18)27-22-13-4-5-14-24-22/h2-5,7-10,12-15,17,24-27H,6,11,16,18H2,1H3;1-6,8-11,13-14,16,21,23,25-26H,7,12,15,17H2. The number of aromatic nitrogens is 1. The lowest BCUT2D eigenvalue weighted by atomic mass is 9.92. The van der Waals surface area contributed by atoms with E-state index in [4.69, 9.17) is 14.2 Å². The number of pyridine rings is 1. The Morgan fingerprint density at radius 1 is 0.536 bits per heavy atom. The monoisotopic (exact) mass is 747 g/mol. The number of methoxy groups -OCH3 is 1. The van der Waals surface area contributed by atoms with E-state index in [1.165, 1.54) is 47.9 Å². The Bertz CT molecular complexity index is 2030. The smallest absolute Gasteiger partial charge is 0.219 e. The molecule has 2 saturated heterocycles. The molecular formula is C48H53N5O3. The second-order valence-corrected chi connectivity index (χ2v) is 14.3. The highest BCUT2D eigenvalue weighted by atomic mass is 16.5. The van der Waals surface area contributed by atoms with E-state index in [1.807, 2.05) is 66.7 Å². The number of hydrogen-bond donors (Lipinski definition) is 4. The van der Waals surface area contributed by atoms with Gasteiger partial charge in [0.2, 0.25) is 5.88 Å². The Balaban J connectivity index is 0.000000172. The molecule has 3 heterocycles. The normalized spacial score (nSPS) is 19.2. The molecule has 2 aliphatic heterocycles. The number of nitrogens with one attached hydrogen (secondary N) is 4. The summed E-state index contributed by atoms with van der Waals surface area (Å²) in [7, 11) is 1.66. The summed E-state index contributed by atoms with van der Waals surface area (Å²) in [6.45, 7) is 3.78. The largest absolute Gasteiger partial charge is 0.497 e. The van der Waals surface area contributed by atoms with Gasteiger partial charge in [0.25, 0.3) is 0 Å². The molecule has 4 atom stereocenters. The van der Waals surface area contributed by atoms with Crippen LogP contribution < -0.4 is 35.5 Å². The second kappa shape index (κ2) is 20.4. The molecule has 8 heteroatoms. The highest BCUT2D eigenvalue weighted by Crippen LogP contribution is 2.28. The number of piperidine rings is 2. The molecular weight excluding hydrogens is 695 g/mol. The number of ether oxygens (including phenoxy) is 3. The van der Waals surface area contributed by atoms with Crippen LogP contribution in [0.4, 0.5) is 0 Å². The molecule has 0 bridgehead atoms. The molecule has 4 N–H and O–H groups in total. The van der Waals surface area contributed by atoms with Crippen LogP contribution in [0.2, 0.25) is 0 Å². The van der Waals surface area contributed by atoms with Gasteiger partial charge in [-0.15, -0.1) is 0 Å². The molecule has 0 aliphatic carbocycles. The Hall–Kier alpha value is -5.51. The fourth-order valence-corrected chi connectivity index (χ4v) is 7.48. The summed E-state index contributed by atoms with van der Waals surface area (Å²) in [5.74, 6) is 3.90. The fraction of sp³-hybridized carbons (Fsp3) is 0.271. The zero-order chi connectivity index (χ0) is 38.2. The first kappa shape index (κ1) is 38.8. The molecule has 8 rings (SSSR count). The Morgan fingerprint density at radius 3 is 1.57 bits per heavy atom. The van der Waals surface area contributed by atoms with Crippen molar-refractivity contribution in [1.82, 2.24) is 26.3 Å². The van der Waals surface area contributed by atoms with Crippen LogP contribution in [0.1, 0.15) is 60.0 Å². The number of nitrogens with zero attached hydrogens (tertiary/aromatic N) is 1. The zero-order valence-corrected chi connectivity index (χ0v) is 32.1. The lowest BCUT2D eigenvalue weighted by molar-refractivity contribution is 0.304. The second-order valence-electron chi connectivity index (χ2n) is 14.3. The van der Waals surface area contributed by atoms with E-state index in [0.29, 0.717) is 30.0 Å². The highest BCUT2D eigenvalue weighted by molar-refractivity contribution is 5.37. The molecule has 6 aromatic rings. The maximum Gasteiger partial charge on any atom is 0.219 e. The van der Waals surface area contributed by atoms with Crippen molar-refractivity contribution in [3.63, 3.8) is 0 Å². The van der Waals surface area contributed by atoms with Crippen LogP contribution in [0.15, 0.2) is 158 Å². The molecule has 56 heavy (non-hydrogen) atoms. The Morgan fingerprint density at radius 2 is 1.05 bits per heavy atom. The van der Waals surface area contributed by atoms with Gasteiger partial charge >= 0.3 is 0 Å². The predicted molar refractivity (Wildman–Crippen MR) is 224 cm³/mol. The van der Waals surface area contributed by atoms with Crippen LogP contribution in [0.3, 0.4) is 0 Å². The number of benzene rings is 5. The van der Waals surface area contributed by atoms with Gasteiger partial charge in [0.05, 0.1) is 7.11 Å². The van der Waals surface area contributed by atoms with E-state index in [-0.39, 0.29) is 0 Å². The quantitative estimate of drug-likeness (QED) is 0.0930. The first-order valence-corrected chi connectivity index (χ1v) is 19.8. The average molecular weight is 748 g/mol. The minimum atomic E-state index is 0.351. The molecule has 0 spiro atoms. The first-order chi connectivity index (χ1) is 27.7. The summed E-state index contributed by atoms with van der Waals surface area (Å²) in [6.07, 6.45) is 6.48. The van der Waals surface area contributed by atoms with Crippen LogP contribution in [0.25, 0.3) is 0 Å². The Kier molecular flexibility index (Phi) is 14.1. The van der Waals surface area contributed by atoms with Crippen molar-refractivity contribution >= 4 is 0 Å². The molecule has 0 saturated carbocycles. The van der Waals surface area contributed by atoms with Gasteiger partial charge in [-0.3, -0.25) is 0 Å². The van der Waals surface area contributed by atoms with Crippen LogP contribution in [-0.2, 0) is 13.1 Å². The van der Waals surface area contributed by atoms with Crippen molar-refractivity contribution in [2.45, 2.75) is 62.9 Å². The first-order valence-electron chi connectivity index (χ1n) is 19.8. The highest BCUT2D eigenvalue weighted by Gasteiger charge is 2.26. The van der Waals surface area contributed by atoms with Gasteiger partial charge in [0.15, 0.2) is 0 Å². The van der Waals surface area contributed by atoms with Gasteiger partial charge < -0.3 is 35.5 Å². The summed E-state index contributed by atoms with van der Waals surface area (Å²) in [6, 6.07) is 52.8. The minimum Gasteiger partial charge on any atom is -0.497 e. The molecule has 4 unspecified atom stereocenters. The van der Waals surface area contributed by atoms with Crippen molar-refractivity contribution in [3.8, 4) is 28.9 Å². The van der Waals surface area contributed by atoms with Crippen LogP contribution >= 0.6 is 0 Å². The molecule has 2 fully saturated rings. The van der Waals surface area contributed by atoms with Crippen molar-refractivity contribution in [2.24, 2.45) is 0 Å². The third kappa shape index (κ3) is 11.3. The lowest BCUT2D eigenvalue weighted by Crippen LogP contribution is -2.45. The molecule has 288 valence electrons. The maximum atomic E-state index is 6.01. The van der Waals surface area contributed by atoms with E-state index in [2.05, 4.69) is 111 Å². The molecule has 0 amide bonds. The maximum absolute atomic E-state index is 6.01. The molecule has 1 aromatic heterocycles. The summed E-state index contributed by atoms with van der Waals surface area (Å²) >= 11 is 0. The van der Waals surface area contributed by atoms with Crippen LogP contribution in [0.5, 0.6) is 28.9 Å². The SMILES string of the molecule is COc1ccc(Oc2cccc(CNC3CCCNC3c3ccccc3)c2)cc1.c1ccc(C2NCCCC2NCc2cccc(Oc3ccccn3)c2)cc1. The summed E-state index contributed by atoms with van der Waals surface area (Å²) in [5, 5.41) is 14.8.